The summed E-state index contributed by atoms with van der Waals surface area (Å²) in [4.78, 5) is 30.6. The molecule has 9 heteroatoms. The van der Waals surface area contributed by atoms with E-state index in [1.165, 1.54) is 12.4 Å². The highest BCUT2D eigenvalue weighted by Crippen LogP contribution is 2.29. The molecule has 3 N–H and O–H groups in total. The Morgan fingerprint density at radius 2 is 1.94 bits per heavy atom. The van der Waals surface area contributed by atoms with Crippen molar-refractivity contribution < 1.29 is 9.53 Å². The fraction of sp³-hybridized carbons (Fsp3) is 0.167. The van der Waals surface area contributed by atoms with Crippen molar-refractivity contribution in [2.24, 2.45) is 0 Å². The number of hydrogen-bond acceptors (Lipinski definition) is 7. The third-order valence-corrected chi connectivity index (χ3v) is 5.40. The first kappa shape index (κ1) is 20.7. The zero-order chi connectivity index (χ0) is 22.6. The highest BCUT2D eigenvalue weighted by molar-refractivity contribution is 5.99. The molecule has 0 radical (unpaired) electrons. The molecule has 33 heavy (non-hydrogen) atoms. The second kappa shape index (κ2) is 9.09. The maximum atomic E-state index is 11.6. The normalized spacial score (nSPS) is 13.6. The van der Waals surface area contributed by atoms with Gasteiger partial charge in [-0.2, -0.15) is 0 Å². The number of amides is 1. The Morgan fingerprint density at radius 3 is 2.73 bits per heavy atom. The number of pyridine rings is 1. The fourth-order valence-corrected chi connectivity index (χ4v) is 3.72. The van der Waals surface area contributed by atoms with E-state index >= 15 is 0 Å². The van der Waals surface area contributed by atoms with Gasteiger partial charge in [-0.3, -0.25) is 4.79 Å². The minimum Gasteiger partial charge on any atom is -0.378 e. The van der Waals surface area contributed by atoms with Gasteiger partial charge in [-0.25, -0.2) is 15.0 Å². The van der Waals surface area contributed by atoms with Crippen LogP contribution in [0.1, 0.15) is 0 Å². The molecule has 1 saturated heterocycles. The van der Waals surface area contributed by atoms with Gasteiger partial charge in [0.25, 0.3) is 0 Å². The quantitative estimate of drug-likeness (QED) is 0.391. The number of benzene rings is 1. The largest absolute Gasteiger partial charge is 0.378 e. The number of nitrogens with zero attached hydrogens (tertiary/aromatic N) is 4. The number of rotatable bonds is 6. The van der Waals surface area contributed by atoms with E-state index in [0.717, 1.165) is 60.1 Å². The predicted octanol–water partition coefficient (Wildman–Crippen LogP) is 3.72. The van der Waals surface area contributed by atoms with Crippen molar-refractivity contribution >= 4 is 40.0 Å². The molecule has 5 rings (SSSR count). The summed E-state index contributed by atoms with van der Waals surface area (Å²) in [6.45, 7) is 6.63. The lowest BCUT2D eigenvalue weighted by Crippen LogP contribution is -2.36. The number of ether oxygens (including phenoxy) is 1. The molecule has 3 aromatic heterocycles. The number of carbonyl (C=O) groups excluding carboxylic acids is 1. The molecular weight excluding hydrogens is 418 g/mol. The number of H-pyrrole nitrogens is 1. The molecule has 4 heterocycles. The van der Waals surface area contributed by atoms with Gasteiger partial charge in [0.1, 0.15) is 23.6 Å². The topological polar surface area (TPSA) is 108 Å². The molecule has 166 valence electrons. The Labute approximate surface area is 190 Å². The smallest absolute Gasteiger partial charge is 0.247 e. The van der Waals surface area contributed by atoms with Gasteiger partial charge in [0.05, 0.1) is 18.6 Å². The molecule has 1 aromatic carbocycles. The first-order valence-corrected chi connectivity index (χ1v) is 10.6. The Balaban J connectivity index is 1.39. The lowest BCUT2D eigenvalue weighted by Gasteiger charge is -2.27. The first-order valence-electron chi connectivity index (χ1n) is 10.6. The summed E-state index contributed by atoms with van der Waals surface area (Å²) in [6, 6.07) is 13.5. The minimum atomic E-state index is -0.264. The van der Waals surface area contributed by atoms with E-state index in [0.29, 0.717) is 11.5 Å². The number of anilines is 4. The average molecular weight is 441 g/mol. The SMILES string of the molecule is C=CC(=O)Nc1cccc(Nc2ncnc3[nH]c(-c4ccc(N5CCOCC5)nc4)cc23)c1. The molecule has 0 bridgehead atoms. The highest BCUT2D eigenvalue weighted by atomic mass is 16.5. The van der Waals surface area contributed by atoms with Crippen LogP contribution < -0.4 is 15.5 Å². The maximum Gasteiger partial charge on any atom is 0.247 e. The first-order chi connectivity index (χ1) is 16.2. The molecule has 1 amide bonds. The van der Waals surface area contributed by atoms with Crippen LogP contribution in [0, 0.1) is 0 Å². The van der Waals surface area contributed by atoms with Crippen molar-refractivity contribution in [3.8, 4) is 11.3 Å². The standard InChI is InChI=1S/C24H23N7O2/c1-2-22(32)28-17-4-3-5-18(12-17)29-23-19-13-20(30-24(19)27-15-26-23)16-6-7-21(25-14-16)31-8-10-33-11-9-31/h2-7,12-15H,1,8-11H2,(H,28,32)(H2,26,27,29,30). The summed E-state index contributed by atoms with van der Waals surface area (Å²) in [5.41, 5.74) is 4.04. The van der Waals surface area contributed by atoms with Gasteiger partial charge in [-0.1, -0.05) is 12.6 Å². The van der Waals surface area contributed by atoms with Crippen LogP contribution >= 0.6 is 0 Å². The molecule has 0 spiro atoms. The van der Waals surface area contributed by atoms with Crippen LogP contribution in [0.5, 0.6) is 0 Å². The molecule has 0 aliphatic carbocycles. The van der Waals surface area contributed by atoms with Crippen LogP contribution in [0.2, 0.25) is 0 Å². The third-order valence-electron chi connectivity index (χ3n) is 5.40. The number of morpholine rings is 1. The summed E-state index contributed by atoms with van der Waals surface area (Å²) < 4.78 is 5.41. The Morgan fingerprint density at radius 1 is 1.09 bits per heavy atom. The van der Waals surface area contributed by atoms with E-state index in [2.05, 4.69) is 48.1 Å². The zero-order valence-corrected chi connectivity index (χ0v) is 17.9. The van der Waals surface area contributed by atoms with Crippen molar-refractivity contribution in [3.63, 3.8) is 0 Å². The van der Waals surface area contributed by atoms with E-state index in [-0.39, 0.29) is 5.91 Å². The molecule has 9 nitrogen and oxygen atoms in total. The van der Waals surface area contributed by atoms with Crippen molar-refractivity contribution in [3.05, 3.63) is 67.6 Å². The Hall–Kier alpha value is -4.24. The van der Waals surface area contributed by atoms with Crippen LogP contribution in [-0.2, 0) is 9.53 Å². The molecule has 1 aliphatic rings. The van der Waals surface area contributed by atoms with Gasteiger partial charge in [0.15, 0.2) is 0 Å². The highest BCUT2D eigenvalue weighted by Gasteiger charge is 2.14. The van der Waals surface area contributed by atoms with Gasteiger partial charge in [-0.15, -0.1) is 0 Å². The molecule has 0 atom stereocenters. The molecule has 4 aromatic rings. The third kappa shape index (κ3) is 4.53. The van der Waals surface area contributed by atoms with Crippen molar-refractivity contribution in [1.29, 1.82) is 0 Å². The zero-order valence-electron chi connectivity index (χ0n) is 17.9. The van der Waals surface area contributed by atoms with E-state index in [9.17, 15) is 4.79 Å². The molecule has 1 fully saturated rings. The monoisotopic (exact) mass is 441 g/mol. The second-order valence-corrected chi connectivity index (χ2v) is 7.57. The number of fused-ring (bicyclic) bond motifs is 1. The molecule has 0 saturated carbocycles. The van der Waals surface area contributed by atoms with E-state index in [1.807, 2.05) is 42.6 Å². The van der Waals surface area contributed by atoms with Gasteiger partial charge in [0.2, 0.25) is 5.91 Å². The van der Waals surface area contributed by atoms with Crippen molar-refractivity contribution in [2.45, 2.75) is 0 Å². The van der Waals surface area contributed by atoms with Gasteiger partial charge in [-0.05, 0) is 42.5 Å². The van der Waals surface area contributed by atoms with E-state index < -0.39 is 0 Å². The lowest BCUT2D eigenvalue weighted by atomic mass is 10.2. The summed E-state index contributed by atoms with van der Waals surface area (Å²) in [6.07, 6.45) is 4.60. The predicted molar refractivity (Wildman–Crippen MR) is 129 cm³/mol. The van der Waals surface area contributed by atoms with E-state index in [1.54, 1.807) is 0 Å². The molecular formula is C24H23N7O2. The van der Waals surface area contributed by atoms with Crippen molar-refractivity contribution in [2.75, 3.05) is 41.8 Å². The van der Waals surface area contributed by atoms with Gasteiger partial charge >= 0.3 is 0 Å². The summed E-state index contributed by atoms with van der Waals surface area (Å²) in [5.74, 6) is 1.34. The molecule has 0 unspecified atom stereocenters. The fourth-order valence-electron chi connectivity index (χ4n) is 3.72. The summed E-state index contributed by atoms with van der Waals surface area (Å²) in [7, 11) is 0. The number of aromatic amines is 1. The van der Waals surface area contributed by atoms with Crippen LogP contribution in [0.3, 0.4) is 0 Å². The van der Waals surface area contributed by atoms with Crippen molar-refractivity contribution in [1.82, 2.24) is 19.9 Å². The average Bonchev–Trinajstić information content (AvgIpc) is 3.30. The minimum absolute atomic E-state index is 0.264. The number of aromatic nitrogens is 4. The lowest BCUT2D eigenvalue weighted by molar-refractivity contribution is -0.111. The van der Waals surface area contributed by atoms with Crippen LogP contribution in [-0.4, -0.2) is 52.1 Å². The summed E-state index contributed by atoms with van der Waals surface area (Å²) >= 11 is 0. The Bertz CT molecular complexity index is 1290. The molecule has 1 aliphatic heterocycles. The van der Waals surface area contributed by atoms with Crippen LogP contribution in [0.25, 0.3) is 22.3 Å². The van der Waals surface area contributed by atoms with Crippen LogP contribution in [0.4, 0.5) is 23.0 Å². The number of nitrogens with one attached hydrogen (secondary N) is 3. The van der Waals surface area contributed by atoms with Crippen LogP contribution in [0.15, 0.2) is 67.6 Å². The van der Waals surface area contributed by atoms with Gasteiger partial charge in [0, 0.05) is 41.9 Å². The van der Waals surface area contributed by atoms with E-state index in [4.69, 9.17) is 4.74 Å². The Kier molecular flexibility index (Phi) is 5.69. The summed E-state index contributed by atoms with van der Waals surface area (Å²) in [5, 5.41) is 6.92. The number of carbonyl (C=O) groups is 1. The van der Waals surface area contributed by atoms with Gasteiger partial charge < -0.3 is 25.3 Å². The number of hydrogen-bond donors (Lipinski definition) is 3. The maximum absolute atomic E-state index is 11.6. The second-order valence-electron chi connectivity index (χ2n) is 7.57.